The Labute approximate surface area is 54.9 Å². The van der Waals surface area contributed by atoms with Crippen LogP contribution in [0, 0.1) is 0 Å². The number of hydrogen-bond donors (Lipinski definition) is 0. The molecular formula is C3H8ClI. The Morgan fingerprint density at radius 3 is 1.40 bits per heavy atom. The van der Waals surface area contributed by atoms with Gasteiger partial charge in [0.25, 0.3) is 0 Å². The molecular weight excluding hydrogens is 198 g/mol. The maximum absolute atomic E-state index is 5.27. The van der Waals surface area contributed by atoms with E-state index in [1.54, 1.807) is 0 Å². The van der Waals surface area contributed by atoms with Crippen LogP contribution in [-0.2, 0) is 0 Å². The molecule has 0 saturated carbocycles. The molecule has 0 atom stereocenters. The molecule has 0 aliphatic rings. The van der Waals surface area contributed by atoms with E-state index in [0.717, 1.165) is 0 Å². The molecule has 5 heavy (non-hydrogen) atoms. The van der Waals surface area contributed by atoms with Gasteiger partial charge in [-0.05, 0) is 13.8 Å². The molecule has 0 nitrogen and oxygen atoms in total. The minimum atomic E-state index is 0. The van der Waals surface area contributed by atoms with Crippen LogP contribution in [0.2, 0.25) is 0 Å². The fourth-order valence-electron chi connectivity index (χ4n) is 0. The van der Waals surface area contributed by atoms with Crippen LogP contribution in [0.1, 0.15) is 13.8 Å². The van der Waals surface area contributed by atoms with Crippen LogP contribution < -0.4 is 0 Å². The summed E-state index contributed by atoms with van der Waals surface area (Å²) < 4.78 is 0. The minimum Gasteiger partial charge on any atom is -0.124 e. The van der Waals surface area contributed by atoms with Gasteiger partial charge in [-0.15, -0.1) is 35.6 Å². The SMILES string of the molecule is CC(C)Cl.I. The van der Waals surface area contributed by atoms with Crippen molar-refractivity contribution >= 4 is 35.6 Å². The minimum absolute atomic E-state index is 0. The van der Waals surface area contributed by atoms with Gasteiger partial charge in [0.2, 0.25) is 0 Å². The average molecular weight is 206 g/mol. The zero-order valence-corrected chi connectivity index (χ0v) is 6.45. The molecule has 34 valence electrons. The second-order valence-corrected chi connectivity index (χ2v) is 1.89. The summed E-state index contributed by atoms with van der Waals surface area (Å²) in [5.41, 5.74) is 0. The van der Waals surface area contributed by atoms with Gasteiger partial charge >= 0.3 is 0 Å². The molecule has 0 amide bonds. The monoisotopic (exact) mass is 206 g/mol. The topological polar surface area (TPSA) is 0 Å². The molecule has 0 aromatic carbocycles. The van der Waals surface area contributed by atoms with Crippen molar-refractivity contribution in [2.24, 2.45) is 0 Å². The molecule has 0 N–H and O–H groups in total. The number of hydrogen-bond acceptors (Lipinski definition) is 0. The molecule has 0 fully saturated rings. The van der Waals surface area contributed by atoms with Crippen molar-refractivity contribution in [1.82, 2.24) is 0 Å². The summed E-state index contributed by atoms with van der Waals surface area (Å²) in [5.74, 6) is 0. The van der Waals surface area contributed by atoms with Gasteiger partial charge in [-0.2, -0.15) is 0 Å². The van der Waals surface area contributed by atoms with Crippen LogP contribution in [-0.4, -0.2) is 5.38 Å². The third kappa shape index (κ3) is 44.0. The van der Waals surface area contributed by atoms with Crippen LogP contribution in [0.5, 0.6) is 0 Å². The fourth-order valence-corrected chi connectivity index (χ4v) is 0. The largest absolute Gasteiger partial charge is 0.124 e. The Hall–Kier alpha value is 1.02. The van der Waals surface area contributed by atoms with E-state index in [2.05, 4.69) is 0 Å². The maximum Gasteiger partial charge on any atom is 0.0279 e. The molecule has 0 heterocycles. The lowest BCUT2D eigenvalue weighted by atomic mass is 10.6. The van der Waals surface area contributed by atoms with Crippen LogP contribution in [0.4, 0.5) is 0 Å². The Morgan fingerprint density at radius 2 is 1.40 bits per heavy atom. The van der Waals surface area contributed by atoms with Crippen LogP contribution in [0.15, 0.2) is 0 Å². The van der Waals surface area contributed by atoms with Gasteiger partial charge in [0.05, 0.1) is 0 Å². The van der Waals surface area contributed by atoms with Gasteiger partial charge < -0.3 is 0 Å². The van der Waals surface area contributed by atoms with Gasteiger partial charge in [0.15, 0.2) is 0 Å². The third-order valence-corrected chi connectivity index (χ3v) is 0. The summed E-state index contributed by atoms with van der Waals surface area (Å²) in [7, 11) is 0. The van der Waals surface area contributed by atoms with E-state index in [-0.39, 0.29) is 24.0 Å². The number of halogens is 2. The zero-order valence-electron chi connectivity index (χ0n) is 3.36. The first-order valence-electron chi connectivity index (χ1n) is 1.37. The highest BCUT2D eigenvalue weighted by Crippen LogP contribution is 1.84. The molecule has 0 aliphatic carbocycles. The molecule has 0 aliphatic heterocycles. The molecule has 0 bridgehead atoms. The van der Waals surface area contributed by atoms with Gasteiger partial charge in [0.1, 0.15) is 0 Å². The Kier molecular flexibility index (Phi) is 9.43. The number of rotatable bonds is 0. The lowest BCUT2D eigenvalue weighted by Gasteiger charge is -1.76. The molecule has 0 spiro atoms. The fraction of sp³-hybridized carbons (Fsp3) is 1.00. The van der Waals surface area contributed by atoms with Crippen molar-refractivity contribution in [2.45, 2.75) is 19.2 Å². The normalized spacial score (nSPS) is 7.20. The van der Waals surface area contributed by atoms with Crippen molar-refractivity contribution in [2.75, 3.05) is 0 Å². The lowest BCUT2D eigenvalue weighted by Crippen LogP contribution is -1.70. The molecule has 0 rings (SSSR count). The second-order valence-electron chi connectivity index (χ2n) is 1.01. The first kappa shape index (κ1) is 9.39. The predicted molar refractivity (Wildman–Crippen MR) is 36.4 cm³/mol. The third-order valence-electron chi connectivity index (χ3n) is 0. The number of alkyl halides is 1. The van der Waals surface area contributed by atoms with Crippen molar-refractivity contribution in [3.05, 3.63) is 0 Å². The molecule has 0 saturated heterocycles. The highest BCUT2D eigenvalue weighted by molar-refractivity contribution is 14.0. The summed E-state index contributed by atoms with van der Waals surface area (Å²) in [4.78, 5) is 0. The van der Waals surface area contributed by atoms with E-state index < -0.39 is 0 Å². The Balaban J connectivity index is 0. The van der Waals surface area contributed by atoms with E-state index in [9.17, 15) is 0 Å². The van der Waals surface area contributed by atoms with E-state index >= 15 is 0 Å². The van der Waals surface area contributed by atoms with Gasteiger partial charge in [-0.1, -0.05) is 0 Å². The van der Waals surface area contributed by atoms with Crippen molar-refractivity contribution in [3.8, 4) is 0 Å². The highest BCUT2D eigenvalue weighted by atomic mass is 127. The molecule has 0 aromatic rings. The Morgan fingerprint density at radius 1 is 1.40 bits per heavy atom. The summed E-state index contributed by atoms with van der Waals surface area (Å²) >= 11 is 5.27. The van der Waals surface area contributed by atoms with Crippen LogP contribution in [0.25, 0.3) is 0 Å². The zero-order chi connectivity index (χ0) is 3.58. The van der Waals surface area contributed by atoms with Crippen molar-refractivity contribution < 1.29 is 0 Å². The first-order chi connectivity index (χ1) is 1.73. The smallest absolute Gasteiger partial charge is 0.0279 e. The average Bonchev–Trinajstić information content (AvgIpc) is 0.811. The quantitative estimate of drug-likeness (QED) is 0.421. The summed E-state index contributed by atoms with van der Waals surface area (Å²) in [6.07, 6.45) is 0. The summed E-state index contributed by atoms with van der Waals surface area (Å²) in [5, 5.41) is 0.306. The van der Waals surface area contributed by atoms with E-state index in [1.165, 1.54) is 0 Å². The summed E-state index contributed by atoms with van der Waals surface area (Å²) in [6, 6.07) is 0. The first-order valence-corrected chi connectivity index (χ1v) is 1.81. The predicted octanol–water partition coefficient (Wildman–Crippen LogP) is 2.25. The van der Waals surface area contributed by atoms with Gasteiger partial charge in [-0.25, -0.2) is 0 Å². The maximum atomic E-state index is 5.27. The molecule has 0 aromatic heterocycles. The molecule has 2 heteroatoms. The lowest BCUT2D eigenvalue weighted by molar-refractivity contribution is 1.10. The van der Waals surface area contributed by atoms with Gasteiger partial charge in [-0.3, -0.25) is 0 Å². The van der Waals surface area contributed by atoms with Crippen LogP contribution >= 0.6 is 35.6 Å². The van der Waals surface area contributed by atoms with Crippen molar-refractivity contribution in [1.29, 1.82) is 0 Å². The second kappa shape index (κ2) is 5.02. The van der Waals surface area contributed by atoms with Gasteiger partial charge in [0, 0.05) is 5.38 Å². The molecule has 0 radical (unpaired) electrons. The molecule has 0 unspecified atom stereocenters. The van der Waals surface area contributed by atoms with E-state index in [4.69, 9.17) is 11.6 Å². The Bertz CT molecular complexity index is 11.6. The van der Waals surface area contributed by atoms with Crippen LogP contribution in [0.3, 0.4) is 0 Å². The van der Waals surface area contributed by atoms with E-state index in [1.807, 2.05) is 13.8 Å². The standard InChI is InChI=1S/C3H7Cl.HI/c1-3(2)4;/h3H,1-2H3;1H. The summed E-state index contributed by atoms with van der Waals surface area (Å²) in [6.45, 7) is 3.86. The highest BCUT2D eigenvalue weighted by Gasteiger charge is 1.71. The van der Waals surface area contributed by atoms with E-state index in [0.29, 0.717) is 5.38 Å². The van der Waals surface area contributed by atoms with Crippen molar-refractivity contribution in [3.63, 3.8) is 0 Å².